The number of hydrogen-bond acceptors (Lipinski definition) is 5. The van der Waals surface area contributed by atoms with Crippen molar-refractivity contribution in [3.05, 3.63) is 27.5 Å². The molecule has 2 aromatic heterocycles. The van der Waals surface area contributed by atoms with E-state index in [1.807, 2.05) is 25.8 Å². The van der Waals surface area contributed by atoms with Crippen LogP contribution in [0.15, 0.2) is 5.57 Å². The monoisotopic (exact) mass is 418 g/mol. The van der Waals surface area contributed by atoms with Gasteiger partial charge >= 0.3 is 0 Å². The van der Waals surface area contributed by atoms with Gasteiger partial charge in [0.2, 0.25) is 0 Å². The zero-order chi connectivity index (χ0) is 21.0. The van der Waals surface area contributed by atoms with E-state index < -0.39 is 0 Å². The molecule has 3 rings (SSSR count). The molecular weight excluding hydrogens is 384 g/mol. The number of thiazole rings is 1. The average molecular weight is 419 g/mol. The fourth-order valence-corrected chi connectivity index (χ4v) is 5.24. The predicted octanol–water partition coefficient (Wildman–Crippen LogP) is 4.06. The predicted molar refractivity (Wildman–Crippen MR) is 120 cm³/mol. The SMILES string of the molecule is COCCNC/C(C)=C/c1c(C)nc2sc(C(=O)N(C)C3CCCCC3)c(C)n12. The Morgan fingerprint density at radius 3 is 2.76 bits per heavy atom. The molecule has 0 unspecified atom stereocenters. The number of methoxy groups -OCH3 is 1. The third-order valence-electron chi connectivity index (χ3n) is 5.83. The molecule has 0 spiro atoms. The molecule has 1 saturated carbocycles. The van der Waals surface area contributed by atoms with Crippen LogP contribution in [0.25, 0.3) is 11.0 Å². The molecule has 1 fully saturated rings. The van der Waals surface area contributed by atoms with Crippen LogP contribution < -0.4 is 5.32 Å². The second kappa shape index (κ2) is 9.87. The fourth-order valence-electron chi connectivity index (χ4n) is 4.08. The highest BCUT2D eigenvalue weighted by atomic mass is 32.1. The van der Waals surface area contributed by atoms with Crippen LogP contribution in [-0.4, -0.2) is 60.1 Å². The second-order valence-corrected chi connectivity index (χ2v) is 9.06. The minimum atomic E-state index is 0.135. The number of amides is 1. The van der Waals surface area contributed by atoms with Gasteiger partial charge in [0.05, 0.1) is 18.0 Å². The van der Waals surface area contributed by atoms with Gasteiger partial charge in [-0.3, -0.25) is 9.20 Å². The van der Waals surface area contributed by atoms with Crippen molar-refractivity contribution in [2.75, 3.05) is 33.9 Å². The van der Waals surface area contributed by atoms with E-state index in [2.05, 4.69) is 22.7 Å². The number of hydrogen-bond donors (Lipinski definition) is 1. The molecule has 2 heterocycles. The van der Waals surface area contributed by atoms with Crippen molar-refractivity contribution in [2.45, 2.75) is 58.9 Å². The maximum absolute atomic E-state index is 13.2. The van der Waals surface area contributed by atoms with E-state index >= 15 is 0 Å². The first kappa shape index (κ1) is 22.0. The van der Waals surface area contributed by atoms with Crippen LogP contribution in [0.3, 0.4) is 0 Å². The minimum Gasteiger partial charge on any atom is -0.383 e. The Bertz CT molecular complexity index is 877. The largest absolute Gasteiger partial charge is 0.383 e. The van der Waals surface area contributed by atoms with Crippen LogP contribution in [0.2, 0.25) is 0 Å². The van der Waals surface area contributed by atoms with Gasteiger partial charge < -0.3 is 15.0 Å². The second-order valence-electron chi connectivity index (χ2n) is 8.09. The van der Waals surface area contributed by atoms with Gasteiger partial charge in [0.1, 0.15) is 4.88 Å². The Balaban J connectivity index is 1.83. The van der Waals surface area contributed by atoms with Crippen molar-refractivity contribution in [2.24, 2.45) is 0 Å². The van der Waals surface area contributed by atoms with E-state index in [1.54, 1.807) is 7.11 Å². The molecule has 0 saturated heterocycles. The zero-order valence-corrected chi connectivity index (χ0v) is 19.2. The summed E-state index contributed by atoms with van der Waals surface area (Å²) in [4.78, 5) is 21.6. The lowest BCUT2D eigenvalue weighted by atomic mass is 9.94. The summed E-state index contributed by atoms with van der Waals surface area (Å²) in [6.07, 6.45) is 8.15. The number of imidazole rings is 1. The summed E-state index contributed by atoms with van der Waals surface area (Å²) >= 11 is 1.51. The first-order valence-electron chi connectivity index (χ1n) is 10.6. The van der Waals surface area contributed by atoms with Gasteiger partial charge in [-0.2, -0.15) is 0 Å². The Hall–Kier alpha value is -1.70. The molecule has 0 aromatic carbocycles. The summed E-state index contributed by atoms with van der Waals surface area (Å²) in [5.74, 6) is 0.135. The highest BCUT2D eigenvalue weighted by molar-refractivity contribution is 7.19. The summed E-state index contributed by atoms with van der Waals surface area (Å²) in [6.45, 7) is 8.51. The van der Waals surface area contributed by atoms with Gasteiger partial charge in [-0.25, -0.2) is 4.98 Å². The van der Waals surface area contributed by atoms with E-state index in [1.165, 1.54) is 36.2 Å². The molecule has 2 aromatic rings. The first-order valence-corrected chi connectivity index (χ1v) is 11.4. The maximum atomic E-state index is 13.2. The topological polar surface area (TPSA) is 58.9 Å². The Morgan fingerprint density at radius 2 is 2.07 bits per heavy atom. The highest BCUT2D eigenvalue weighted by Crippen LogP contribution is 2.30. The van der Waals surface area contributed by atoms with E-state index in [-0.39, 0.29) is 5.91 Å². The van der Waals surface area contributed by atoms with E-state index in [0.717, 1.165) is 52.9 Å². The number of nitrogens with zero attached hydrogens (tertiary/aromatic N) is 3. The molecule has 1 N–H and O–H groups in total. The fraction of sp³-hybridized carbons (Fsp3) is 0.636. The lowest BCUT2D eigenvalue weighted by Gasteiger charge is -2.31. The van der Waals surface area contributed by atoms with Gasteiger partial charge in [-0.05, 0) is 39.7 Å². The van der Waals surface area contributed by atoms with Crippen LogP contribution in [-0.2, 0) is 4.74 Å². The Kier molecular flexibility index (Phi) is 7.49. The number of nitrogens with one attached hydrogen (secondary N) is 1. The number of fused-ring (bicyclic) bond motifs is 1. The van der Waals surface area contributed by atoms with Crippen molar-refractivity contribution in [3.63, 3.8) is 0 Å². The van der Waals surface area contributed by atoms with Crippen LogP contribution in [0.5, 0.6) is 0 Å². The summed E-state index contributed by atoms with van der Waals surface area (Å²) in [5, 5.41) is 3.37. The molecule has 1 aliphatic rings. The molecule has 7 heteroatoms. The van der Waals surface area contributed by atoms with Gasteiger partial charge in [0.15, 0.2) is 4.96 Å². The molecular formula is C22H34N4O2S. The number of rotatable bonds is 8. The van der Waals surface area contributed by atoms with Crippen molar-refractivity contribution >= 4 is 28.3 Å². The number of aromatic nitrogens is 2. The smallest absolute Gasteiger partial charge is 0.265 e. The third kappa shape index (κ3) is 4.90. The lowest BCUT2D eigenvalue weighted by molar-refractivity contribution is 0.0700. The molecule has 160 valence electrons. The summed E-state index contributed by atoms with van der Waals surface area (Å²) in [7, 11) is 3.67. The Morgan fingerprint density at radius 1 is 1.34 bits per heavy atom. The minimum absolute atomic E-state index is 0.135. The number of carbonyl (C=O) groups excluding carboxylic acids is 1. The van der Waals surface area contributed by atoms with E-state index in [4.69, 9.17) is 9.72 Å². The molecule has 1 amide bonds. The Labute approximate surface area is 178 Å². The van der Waals surface area contributed by atoms with Crippen molar-refractivity contribution < 1.29 is 9.53 Å². The number of carbonyl (C=O) groups is 1. The molecule has 0 atom stereocenters. The molecule has 0 aliphatic heterocycles. The van der Waals surface area contributed by atoms with E-state index in [9.17, 15) is 4.79 Å². The van der Waals surface area contributed by atoms with Crippen LogP contribution >= 0.6 is 11.3 Å². The third-order valence-corrected chi connectivity index (χ3v) is 6.96. The number of aryl methyl sites for hydroxylation is 2. The molecule has 0 bridgehead atoms. The molecule has 29 heavy (non-hydrogen) atoms. The molecule has 0 radical (unpaired) electrons. The van der Waals surface area contributed by atoms with Crippen LogP contribution in [0.4, 0.5) is 0 Å². The quantitative estimate of drug-likeness (QED) is 0.657. The summed E-state index contributed by atoms with van der Waals surface area (Å²) < 4.78 is 7.22. The normalized spacial score (nSPS) is 16.0. The standard InChI is InChI=1S/C22H34N4O2S/c1-15(14-23-11-12-28-5)13-19-16(2)24-22-26(19)17(3)20(29-22)21(27)25(4)18-9-7-6-8-10-18/h13,18,23H,6-12,14H2,1-5H3/b15-13+. The van der Waals surface area contributed by atoms with Crippen molar-refractivity contribution in [1.29, 1.82) is 0 Å². The first-order chi connectivity index (χ1) is 13.9. The van der Waals surface area contributed by atoms with Gasteiger partial charge in [0, 0.05) is 39.0 Å². The average Bonchev–Trinajstić information content (AvgIpc) is 3.20. The number of ether oxygens (including phenoxy) is 1. The van der Waals surface area contributed by atoms with Crippen molar-refractivity contribution in [3.8, 4) is 0 Å². The highest BCUT2D eigenvalue weighted by Gasteiger charge is 2.27. The molecule has 6 nitrogen and oxygen atoms in total. The molecule has 1 aliphatic carbocycles. The van der Waals surface area contributed by atoms with Gasteiger partial charge in [0.25, 0.3) is 5.91 Å². The van der Waals surface area contributed by atoms with Gasteiger partial charge in [-0.15, -0.1) is 0 Å². The summed E-state index contributed by atoms with van der Waals surface area (Å²) in [5.41, 5.74) is 4.28. The van der Waals surface area contributed by atoms with Gasteiger partial charge in [-0.1, -0.05) is 36.2 Å². The zero-order valence-electron chi connectivity index (χ0n) is 18.4. The van der Waals surface area contributed by atoms with E-state index in [0.29, 0.717) is 12.6 Å². The van der Waals surface area contributed by atoms with Crippen molar-refractivity contribution in [1.82, 2.24) is 19.6 Å². The van der Waals surface area contributed by atoms with Crippen LogP contribution in [0, 0.1) is 13.8 Å². The maximum Gasteiger partial charge on any atom is 0.265 e. The summed E-state index contributed by atoms with van der Waals surface area (Å²) in [6, 6.07) is 0.367. The van der Waals surface area contributed by atoms with Crippen LogP contribution in [0.1, 0.15) is 65.8 Å². The lowest BCUT2D eigenvalue weighted by Crippen LogP contribution is -2.38.